The monoisotopic (exact) mass is 201 g/mol. The summed E-state index contributed by atoms with van der Waals surface area (Å²) in [6.45, 7) is 9.48. The minimum absolute atomic E-state index is 0.118. The highest BCUT2D eigenvalue weighted by Gasteiger charge is 2.19. The summed E-state index contributed by atoms with van der Waals surface area (Å²) in [5.41, 5.74) is 2.03. The Balaban J connectivity index is 4.01. The molecule has 80 valence electrons. The van der Waals surface area contributed by atoms with Crippen LogP contribution in [0.15, 0.2) is 0 Å². The predicted octanol–water partition coefficient (Wildman–Crippen LogP) is 2.52. The molecule has 0 amide bonds. The molecular weight excluding hydrogens is 174 g/mol. The van der Waals surface area contributed by atoms with E-state index in [0.717, 1.165) is 17.1 Å². The maximum atomic E-state index is 2.43. The zero-order valence-electron chi connectivity index (χ0n) is 10.3. The van der Waals surface area contributed by atoms with Crippen molar-refractivity contribution in [1.29, 1.82) is 0 Å². The number of hydrogen-bond donors (Lipinski definition) is 0. The van der Waals surface area contributed by atoms with Crippen molar-refractivity contribution in [2.24, 2.45) is 0 Å². The summed E-state index contributed by atoms with van der Waals surface area (Å²) in [5, 5.41) is 0. The molecule has 3 atom stereocenters. The van der Waals surface area contributed by atoms with Crippen LogP contribution in [0.2, 0.25) is 11.1 Å². The molecule has 2 heteroatoms. The van der Waals surface area contributed by atoms with Gasteiger partial charge in [0.25, 0.3) is 0 Å². The largest absolute Gasteiger partial charge is 0.307 e. The lowest BCUT2D eigenvalue weighted by atomic mass is 10.2. The first-order valence-electron chi connectivity index (χ1n) is 5.69. The van der Waals surface area contributed by atoms with Gasteiger partial charge in [-0.1, -0.05) is 39.2 Å². The van der Waals surface area contributed by atoms with E-state index in [1.54, 1.807) is 0 Å². The molecule has 0 saturated carbocycles. The van der Waals surface area contributed by atoms with Crippen LogP contribution in [0.5, 0.6) is 0 Å². The van der Waals surface area contributed by atoms with Crippen molar-refractivity contribution in [1.82, 2.24) is 4.90 Å². The standard InChI is InChI=1S/C11H27NSi/c1-7-9(3)13-11(8-2)10(4)12(5)6/h9-11H,7-8,13H2,1-6H3. The highest BCUT2D eigenvalue weighted by atomic mass is 28.2. The zero-order chi connectivity index (χ0) is 10.4. The average molecular weight is 201 g/mol. The lowest BCUT2D eigenvalue weighted by Crippen LogP contribution is -2.32. The molecule has 13 heavy (non-hydrogen) atoms. The maximum Gasteiger partial charge on any atom is 0.0280 e. The molecule has 0 aromatic heterocycles. The molecule has 0 bridgehead atoms. The molecule has 0 fully saturated rings. The van der Waals surface area contributed by atoms with Gasteiger partial charge in [0.1, 0.15) is 0 Å². The van der Waals surface area contributed by atoms with Crippen molar-refractivity contribution in [3.63, 3.8) is 0 Å². The predicted molar refractivity (Wildman–Crippen MR) is 65.4 cm³/mol. The second-order valence-electron chi connectivity index (χ2n) is 4.62. The van der Waals surface area contributed by atoms with E-state index in [4.69, 9.17) is 0 Å². The summed E-state index contributed by atoms with van der Waals surface area (Å²) in [6.07, 6.45) is 2.75. The third-order valence-electron chi connectivity index (χ3n) is 3.42. The third kappa shape index (κ3) is 4.82. The van der Waals surface area contributed by atoms with E-state index in [-0.39, 0.29) is 9.52 Å². The summed E-state index contributed by atoms with van der Waals surface area (Å²) in [4.78, 5) is 2.38. The Labute approximate surface area is 86.7 Å². The summed E-state index contributed by atoms with van der Waals surface area (Å²) >= 11 is 0. The Kier molecular flexibility index (Phi) is 6.69. The first kappa shape index (κ1) is 13.2. The average Bonchev–Trinajstić information content (AvgIpc) is 2.12. The molecule has 0 aliphatic heterocycles. The van der Waals surface area contributed by atoms with Crippen molar-refractivity contribution in [3.05, 3.63) is 0 Å². The molecule has 0 rings (SSSR count). The Morgan fingerprint density at radius 3 is 1.92 bits per heavy atom. The number of rotatable bonds is 6. The topological polar surface area (TPSA) is 3.24 Å². The zero-order valence-corrected chi connectivity index (χ0v) is 11.7. The fraction of sp³-hybridized carbons (Fsp3) is 1.00. The molecule has 0 saturated heterocycles. The number of hydrogen-bond acceptors (Lipinski definition) is 1. The Morgan fingerprint density at radius 1 is 1.08 bits per heavy atom. The van der Waals surface area contributed by atoms with E-state index >= 15 is 0 Å². The van der Waals surface area contributed by atoms with Crippen LogP contribution in [-0.2, 0) is 0 Å². The van der Waals surface area contributed by atoms with Crippen LogP contribution in [0, 0.1) is 0 Å². The van der Waals surface area contributed by atoms with Crippen molar-refractivity contribution in [2.45, 2.75) is 57.7 Å². The summed E-state index contributed by atoms with van der Waals surface area (Å²) in [5.74, 6) is 0. The molecule has 0 aliphatic carbocycles. The van der Waals surface area contributed by atoms with Gasteiger partial charge >= 0.3 is 0 Å². The van der Waals surface area contributed by atoms with E-state index in [9.17, 15) is 0 Å². The highest BCUT2D eigenvalue weighted by molar-refractivity contribution is 6.39. The van der Waals surface area contributed by atoms with Gasteiger partial charge in [-0.15, -0.1) is 0 Å². The smallest absolute Gasteiger partial charge is 0.0280 e. The van der Waals surface area contributed by atoms with Crippen LogP contribution in [0.25, 0.3) is 0 Å². The molecule has 0 aromatic carbocycles. The van der Waals surface area contributed by atoms with Gasteiger partial charge in [0, 0.05) is 15.6 Å². The van der Waals surface area contributed by atoms with Gasteiger partial charge in [0.15, 0.2) is 0 Å². The minimum atomic E-state index is 0.118. The van der Waals surface area contributed by atoms with Gasteiger partial charge in [-0.05, 0) is 26.6 Å². The van der Waals surface area contributed by atoms with Crippen molar-refractivity contribution >= 4 is 9.52 Å². The maximum absolute atomic E-state index is 2.43. The summed E-state index contributed by atoms with van der Waals surface area (Å²) in [7, 11) is 4.53. The van der Waals surface area contributed by atoms with E-state index in [2.05, 4.69) is 46.7 Å². The SMILES string of the molecule is CCC(C)[SiH2]C(CC)C(C)N(C)C. The van der Waals surface area contributed by atoms with Crippen molar-refractivity contribution in [3.8, 4) is 0 Å². The van der Waals surface area contributed by atoms with Gasteiger partial charge in [0.05, 0.1) is 0 Å². The van der Waals surface area contributed by atoms with Crippen molar-refractivity contribution in [2.75, 3.05) is 14.1 Å². The molecule has 0 aliphatic rings. The second kappa shape index (κ2) is 6.60. The van der Waals surface area contributed by atoms with Crippen LogP contribution >= 0.6 is 0 Å². The van der Waals surface area contributed by atoms with Gasteiger partial charge in [0.2, 0.25) is 0 Å². The summed E-state index contributed by atoms with van der Waals surface area (Å²) < 4.78 is 0. The molecule has 0 heterocycles. The second-order valence-corrected chi connectivity index (χ2v) is 7.54. The van der Waals surface area contributed by atoms with Crippen LogP contribution in [0.4, 0.5) is 0 Å². The van der Waals surface area contributed by atoms with E-state index in [1.807, 2.05) is 0 Å². The lowest BCUT2D eigenvalue weighted by molar-refractivity contribution is 0.295. The van der Waals surface area contributed by atoms with E-state index in [1.165, 1.54) is 12.8 Å². The quantitative estimate of drug-likeness (QED) is 0.597. The van der Waals surface area contributed by atoms with Gasteiger partial charge < -0.3 is 4.90 Å². The lowest BCUT2D eigenvalue weighted by Gasteiger charge is -2.30. The molecule has 3 unspecified atom stereocenters. The fourth-order valence-electron chi connectivity index (χ4n) is 1.81. The van der Waals surface area contributed by atoms with Gasteiger partial charge in [-0.3, -0.25) is 0 Å². The first-order chi connectivity index (χ1) is 6.02. The van der Waals surface area contributed by atoms with Crippen LogP contribution in [-0.4, -0.2) is 34.6 Å². The molecular formula is C11H27NSi. The van der Waals surface area contributed by atoms with E-state index < -0.39 is 0 Å². The van der Waals surface area contributed by atoms with Crippen LogP contribution in [0.3, 0.4) is 0 Å². The van der Waals surface area contributed by atoms with Crippen molar-refractivity contribution < 1.29 is 0 Å². The fourth-order valence-corrected chi connectivity index (χ4v) is 4.33. The number of nitrogens with zero attached hydrogens (tertiary/aromatic N) is 1. The Bertz CT molecular complexity index is 125. The van der Waals surface area contributed by atoms with Gasteiger partial charge in [-0.2, -0.15) is 0 Å². The molecule has 0 N–H and O–H groups in total. The Morgan fingerprint density at radius 2 is 1.62 bits per heavy atom. The summed E-state index contributed by atoms with van der Waals surface area (Å²) in [6, 6.07) is 0.783. The van der Waals surface area contributed by atoms with Crippen LogP contribution < -0.4 is 0 Å². The molecule has 0 radical (unpaired) electrons. The highest BCUT2D eigenvalue weighted by Crippen LogP contribution is 2.24. The van der Waals surface area contributed by atoms with Crippen LogP contribution in [0.1, 0.15) is 40.5 Å². The van der Waals surface area contributed by atoms with Gasteiger partial charge in [-0.25, -0.2) is 0 Å². The Hall–Kier alpha value is 0.177. The van der Waals surface area contributed by atoms with E-state index in [0.29, 0.717) is 0 Å². The first-order valence-corrected chi connectivity index (χ1v) is 7.32. The molecule has 0 aromatic rings. The minimum Gasteiger partial charge on any atom is -0.307 e. The molecule has 1 nitrogen and oxygen atoms in total. The normalized spacial score (nSPS) is 19.6. The molecule has 0 spiro atoms. The third-order valence-corrected chi connectivity index (χ3v) is 6.67.